The molecular weight excluding hydrogens is 585 g/mol. The van der Waals surface area contributed by atoms with E-state index < -0.39 is 34.7 Å². The molecule has 0 saturated heterocycles. The third-order valence-corrected chi connectivity index (χ3v) is 8.38. The van der Waals surface area contributed by atoms with Crippen molar-refractivity contribution in [3.63, 3.8) is 0 Å². The first-order valence-corrected chi connectivity index (χ1v) is 14.1. The predicted molar refractivity (Wildman–Crippen MR) is 160 cm³/mol. The van der Waals surface area contributed by atoms with Crippen molar-refractivity contribution < 1.29 is 27.5 Å². The Morgan fingerprint density at radius 3 is 2.49 bits per heavy atom. The van der Waals surface area contributed by atoms with Crippen molar-refractivity contribution in [2.75, 3.05) is 11.4 Å². The van der Waals surface area contributed by atoms with E-state index in [0.29, 0.717) is 22.5 Å². The van der Waals surface area contributed by atoms with Crippen molar-refractivity contribution in [1.29, 1.82) is 0 Å². The molecule has 9 nitrogen and oxygen atoms in total. The molecule has 4 heterocycles. The van der Waals surface area contributed by atoms with Crippen molar-refractivity contribution >= 4 is 23.0 Å². The predicted octanol–water partition coefficient (Wildman–Crippen LogP) is 6.11. The van der Waals surface area contributed by atoms with Crippen LogP contribution in [0.4, 0.5) is 18.9 Å². The lowest BCUT2D eigenvalue weighted by molar-refractivity contribution is -0.116. The Kier molecular flexibility index (Phi) is 6.29. The van der Waals surface area contributed by atoms with Crippen molar-refractivity contribution in [2.45, 2.75) is 32.1 Å². The number of amides is 2. The van der Waals surface area contributed by atoms with Gasteiger partial charge in [-0.25, -0.2) is 23.1 Å². The number of nitrogens with two attached hydrogens (primary N) is 1. The summed E-state index contributed by atoms with van der Waals surface area (Å²) >= 11 is 0. The number of ether oxygens (including phenoxy) is 1. The van der Waals surface area contributed by atoms with Gasteiger partial charge in [-0.1, -0.05) is 12.6 Å². The largest absolute Gasteiger partial charge is 0.421 e. The van der Waals surface area contributed by atoms with E-state index in [9.17, 15) is 14.0 Å². The number of halogens is 3. The maximum absolute atomic E-state index is 16.3. The number of hydrogen-bond donors (Lipinski definition) is 1. The molecule has 2 aromatic carbocycles. The summed E-state index contributed by atoms with van der Waals surface area (Å²) in [5.41, 5.74) is 8.60. The van der Waals surface area contributed by atoms with Crippen LogP contribution in [0.2, 0.25) is 0 Å². The van der Waals surface area contributed by atoms with Crippen LogP contribution in [-0.4, -0.2) is 37.7 Å². The van der Waals surface area contributed by atoms with E-state index in [2.05, 4.69) is 21.5 Å². The molecule has 2 N–H and O–H groups in total. The van der Waals surface area contributed by atoms with Gasteiger partial charge in [0.2, 0.25) is 0 Å². The van der Waals surface area contributed by atoms with Gasteiger partial charge in [0.05, 0.1) is 34.4 Å². The lowest BCUT2D eigenvalue weighted by Crippen LogP contribution is -2.31. The number of aromatic nitrogens is 4. The standard InChI is InChI=1S/C33H25F3N6O3/c1-16-6-9-38-32(40-16)45-26-5-4-19(10-23(26)36)27-28(30(37)43)25-13-39-17(2)14-41(25)29(27)20-11-21-24(12-22(20)35)42(31(44)18(3)34)15-33(21)7-8-33/h4-6,9-14H,3,7-8,15H2,1-2H3,(H2,37,43). The molecule has 3 aromatic heterocycles. The monoisotopic (exact) mass is 610 g/mol. The average molecular weight is 611 g/mol. The Balaban J connectivity index is 1.45. The lowest BCUT2D eigenvalue weighted by Gasteiger charge is -2.17. The van der Waals surface area contributed by atoms with E-state index in [4.69, 9.17) is 10.5 Å². The highest BCUT2D eigenvalue weighted by Crippen LogP contribution is 2.58. The van der Waals surface area contributed by atoms with Gasteiger partial charge in [-0.15, -0.1) is 0 Å². The molecule has 7 rings (SSSR count). The number of primary amides is 1. The fourth-order valence-corrected chi connectivity index (χ4v) is 6.13. The van der Waals surface area contributed by atoms with E-state index >= 15 is 8.78 Å². The van der Waals surface area contributed by atoms with Crippen molar-refractivity contribution in [3.8, 4) is 34.1 Å². The average Bonchev–Trinajstić information content (AvgIpc) is 3.60. The fourth-order valence-electron chi connectivity index (χ4n) is 6.13. The Morgan fingerprint density at radius 1 is 1.04 bits per heavy atom. The number of rotatable bonds is 6. The number of carbonyl (C=O) groups excluding carboxylic acids is 2. The van der Waals surface area contributed by atoms with Gasteiger partial charge >= 0.3 is 6.01 Å². The van der Waals surface area contributed by atoms with Gasteiger partial charge in [0, 0.05) is 41.2 Å². The number of anilines is 1. The first kappa shape index (κ1) is 28.3. The molecule has 1 saturated carbocycles. The molecule has 5 aromatic rings. The maximum Gasteiger partial charge on any atom is 0.322 e. The van der Waals surface area contributed by atoms with Crippen LogP contribution in [0, 0.1) is 25.5 Å². The molecule has 45 heavy (non-hydrogen) atoms. The molecule has 2 amide bonds. The van der Waals surface area contributed by atoms with Crippen LogP contribution in [0.25, 0.3) is 27.9 Å². The summed E-state index contributed by atoms with van der Waals surface area (Å²) in [6, 6.07) is 8.50. The minimum atomic E-state index is -1.14. The number of benzene rings is 2. The third-order valence-electron chi connectivity index (χ3n) is 8.38. The van der Waals surface area contributed by atoms with Gasteiger partial charge in [-0.2, -0.15) is 0 Å². The van der Waals surface area contributed by atoms with E-state index in [1.165, 1.54) is 35.5 Å². The summed E-state index contributed by atoms with van der Waals surface area (Å²) in [7, 11) is 0. The van der Waals surface area contributed by atoms with E-state index in [0.717, 1.165) is 18.9 Å². The van der Waals surface area contributed by atoms with Gasteiger partial charge in [-0.3, -0.25) is 14.6 Å². The van der Waals surface area contributed by atoms with Gasteiger partial charge < -0.3 is 19.8 Å². The van der Waals surface area contributed by atoms with Crippen LogP contribution in [0.1, 0.15) is 40.2 Å². The normalized spacial score (nSPS) is 14.6. The van der Waals surface area contributed by atoms with Gasteiger partial charge in [0.1, 0.15) is 5.82 Å². The lowest BCUT2D eigenvalue weighted by atomic mass is 9.92. The van der Waals surface area contributed by atoms with Crippen molar-refractivity contribution in [1.82, 2.24) is 19.4 Å². The highest BCUT2D eigenvalue weighted by Gasteiger charge is 2.53. The van der Waals surface area contributed by atoms with Crippen LogP contribution in [-0.2, 0) is 10.2 Å². The van der Waals surface area contributed by atoms with Crippen LogP contribution >= 0.6 is 0 Å². The minimum Gasteiger partial charge on any atom is -0.421 e. The van der Waals surface area contributed by atoms with Gasteiger partial charge in [0.25, 0.3) is 11.8 Å². The smallest absolute Gasteiger partial charge is 0.322 e. The molecule has 1 spiro atoms. The SMILES string of the molecule is C=C(F)C(=O)N1CC2(CC2)c2cc(-c3c(-c4ccc(Oc5nccc(C)n5)c(F)c4)c(C(N)=O)c4cnc(C)cn34)c(F)cc21. The second kappa shape index (κ2) is 10.0. The third kappa shape index (κ3) is 4.52. The first-order chi connectivity index (χ1) is 21.5. The number of fused-ring (bicyclic) bond motifs is 3. The highest BCUT2D eigenvalue weighted by molar-refractivity contribution is 6.11. The summed E-state index contributed by atoms with van der Waals surface area (Å²) in [5, 5.41) is 0. The zero-order valence-corrected chi connectivity index (χ0v) is 24.2. The fraction of sp³-hybridized carbons (Fsp3) is 0.182. The second-order valence-corrected chi connectivity index (χ2v) is 11.4. The number of aryl methyl sites for hydroxylation is 2. The molecule has 226 valence electrons. The van der Waals surface area contributed by atoms with Gasteiger partial charge in [0.15, 0.2) is 17.4 Å². The van der Waals surface area contributed by atoms with Crippen molar-refractivity contribution in [3.05, 3.63) is 102 Å². The number of nitrogens with zero attached hydrogens (tertiary/aromatic N) is 5. The molecule has 0 atom stereocenters. The molecule has 0 radical (unpaired) electrons. The summed E-state index contributed by atoms with van der Waals surface area (Å²) in [6.45, 7) is 6.80. The Bertz CT molecular complexity index is 2120. The molecule has 0 unspecified atom stereocenters. The Hall–Kier alpha value is -5.52. The minimum absolute atomic E-state index is 0.0131. The van der Waals surface area contributed by atoms with Crippen LogP contribution in [0.3, 0.4) is 0 Å². The van der Waals surface area contributed by atoms with Gasteiger partial charge in [-0.05, 0) is 68.1 Å². The molecule has 1 aliphatic heterocycles. The Morgan fingerprint density at radius 2 is 1.82 bits per heavy atom. The van der Waals surface area contributed by atoms with E-state index in [-0.39, 0.29) is 51.9 Å². The Labute approximate surface area is 254 Å². The summed E-state index contributed by atoms with van der Waals surface area (Å²) in [4.78, 5) is 39.3. The van der Waals surface area contributed by atoms with Crippen molar-refractivity contribution in [2.24, 2.45) is 5.73 Å². The second-order valence-electron chi connectivity index (χ2n) is 11.4. The highest BCUT2D eigenvalue weighted by atomic mass is 19.1. The maximum atomic E-state index is 16.3. The first-order valence-electron chi connectivity index (χ1n) is 14.1. The number of hydrogen-bond acceptors (Lipinski definition) is 6. The summed E-state index contributed by atoms with van der Waals surface area (Å²) < 4.78 is 53.0. The molecule has 2 aliphatic rings. The molecular formula is C33H25F3N6O3. The zero-order chi connectivity index (χ0) is 31.8. The zero-order valence-electron chi connectivity index (χ0n) is 24.2. The molecule has 12 heteroatoms. The summed E-state index contributed by atoms with van der Waals surface area (Å²) in [5.74, 6) is -4.57. The van der Waals surface area contributed by atoms with E-state index in [1.807, 2.05) is 0 Å². The molecule has 1 fully saturated rings. The van der Waals surface area contributed by atoms with Crippen LogP contribution in [0.5, 0.6) is 11.8 Å². The van der Waals surface area contributed by atoms with Crippen LogP contribution < -0.4 is 15.4 Å². The molecule has 0 bridgehead atoms. The quantitative estimate of drug-likeness (QED) is 0.232. The van der Waals surface area contributed by atoms with E-state index in [1.54, 1.807) is 36.6 Å². The van der Waals surface area contributed by atoms with Crippen LogP contribution in [0.15, 0.2) is 67.4 Å². The summed E-state index contributed by atoms with van der Waals surface area (Å²) in [6.07, 6.45) is 6.01. The number of carbonyl (C=O) groups is 2. The topological polar surface area (TPSA) is 116 Å². The molecule has 1 aliphatic carbocycles.